The smallest absolute Gasteiger partial charge is 0.117 e. The van der Waals surface area contributed by atoms with Gasteiger partial charge < -0.3 is 14.9 Å². The first kappa shape index (κ1) is 14.1. The fourth-order valence-electron chi connectivity index (χ4n) is 3.81. The van der Waals surface area contributed by atoms with Crippen molar-refractivity contribution < 1.29 is 9.15 Å². The second kappa shape index (κ2) is 5.51. The molecular formula is C16H26N2O2. The molecule has 2 N–H and O–H groups in total. The van der Waals surface area contributed by atoms with Crippen molar-refractivity contribution in [2.45, 2.75) is 69.9 Å². The average molecular weight is 278 g/mol. The first-order chi connectivity index (χ1) is 9.63. The molecule has 2 atom stereocenters. The Balaban J connectivity index is 1.83. The molecule has 2 heterocycles. The third-order valence-corrected chi connectivity index (χ3v) is 4.68. The number of hydrogen-bond acceptors (Lipinski definition) is 4. The maximum absolute atomic E-state index is 6.23. The van der Waals surface area contributed by atoms with Crippen LogP contribution in [0.15, 0.2) is 22.8 Å². The predicted molar refractivity (Wildman–Crippen MR) is 78.3 cm³/mol. The minimum absolute atomic E-state index is 0.0606. The molecule has 20 heavy (non-hydrogen) atoms. The highest BCUT2D eigenvalue weighted by Crippen LogP contribution is 2.41. The fourth-order valence-corrected chi connectivity index (χ4v) is 3.81. The van der Waals surface area contributed by atoms with Gasteiger partial charge in [-0.1, -0.05) is 0 Å². The van der Waals surface area contributed by atoms with Crippen LogP contribution in [0.2, 0.25) is 0 Å². The molecule has 1 saturated heterocycles. The minimum atomic E-state index is 0.0606. The Bertz CT molecular complexity index is 418. The number of ether oxygens (including phenoxy) is 1. The van der Waals surface area contributed by atoms with E-state index in [2.05, 4.69) is 24.8 Å². The van der Waals surface area contributed by atoms with E-state index < -0.39 is 0 Å². The van der Waals surface area contributed by atoms with Crippen LogP contribution in [0.3, 0.4) is 0 Å². The third-order valence-electron chi connectivity index (χ3n) is 4.68. The van der Waals surface area contributed by atoms with Crippen molar-refractivity contribution in [3.63, 3.8) is 0 Å². The van der Waals surface area contributed by atoms with Crippen molar-refractivity contribution in [2.24, 2.45) is 5.73 Å². The molecule has 1 aromatic rings. The zero-order chi connectivity index (χ0) is 14.2. The molecule has 3 rings (SSSR count). The molecule has 1 saturated carbocycles. The first-order valence-corrected chi connectivity index (χ1v) is 7.77. The maximum atomic E-state index is 6.23. The third kappa shape index (κ3) is 2.78. The molecule has 4 nitrogen and oxygen atoms in total. The summed E-state index contributed by atoms with van der Waals surface area (Å²) in [7, 11) is 0. The molecule has 2 unspecified atom stereocenters. The summed E-state index contributed by atoms with van der Waals surface area (Å²) in [6.07, 6.45) is 6.92. The van der Waals surface area contributed by atoms with Gasteiger partial charge in [-0.25, -0.2) is 0 Å². The Morgan fingerprint density at radius 2 is 2.00 bits per heavy atom. The van der Waals surface area contributed by atoms with E-state index in [0.717, 1.165) is 25.1 Å². The van der Waals surface area contributed by atoms with E-state index in [-0.39, 0.29) is 17.7 Å². The van der Waals surface area contributed by atoms with E-state index >= 15 is 0 Å². The van der Waals surface area contributed by atoms with Gasteiger partial charge in [0, 0.05) is 18.1 Å². The van der Waals surface area contributed by atoms with Crippen molar-refractivity contribution in [1.82, 2.24) is 4.90 Å². The zero-order valence-electron chi connectivity index (χ0n) is 12.5. The molecule has 1 aliphatic heterocycles. The Morgan fingerprint density at radius 3 is 2.50 bits per heavy atom. The summed E-state index contributed by atoms with van der Waals surface area (Å²) in [4.78, 5) is 2.60. The summed E-state index contributed by atoms with van der Waals surface area (Å²) in [5, 5.41) is 0. The summed E-state index contributed by atoms with van der Waals surface area (Å²) in [5.74, 6) is 1.04. The molecular weight excluding hydrogens is 252 g/mol. The van der Waals surface area contributed by atoms with Crippen LogP contribution in [0.1, 0.15) is 45.3 Å². The summed E-state index contributed by atoms with van der Waals surface area (Å²) < 4.78 is 11.5. The lowest BCUT2D eigenvalue weighted by Gasteiger charge is -2.49. The average Bonchev–Trinajstić information content (AvgIpc) is 3.11. The van der Waals surface area contributed by atoms with Crippen LogP contribution in [0, 0.1) is 0 Å². The molecule has 0 bridgehead atoms. The Labute approximate surface area is 121 Å². The van der Waals surface area contributed by atoms with Crippen molar-refractivity contribution >= 4 is 0 Å². The molecule has 0 amide bonds. The standard InChI is InChI=1S/C16H26N2O2/c1-12-8-16(11-17,9-13(2)20-12)18(14-5-6-14)10-15-4-3-7-19-15/h3-4,7,12-14H,5-6,8-11,17H2,1-2H3. The molecule has 0 radical (unpaired) electrons. The normalized spacial score (nSPS) is 34.6. The van der Waals surface area contributed by atoms with Gasteiger partial charge in [-0.05, 0) is 51.7 Å². The van der Waals surface area contributed by atoms with Crippen LogP contribution in [0.25, 0.3) is 0 Å². The molecule has 1 aliphatic carbocycles. The molecule has 2 fully saturated rings. The molecule has 0 aromatic carbocycles. The molecule has 2 aliphatic rings. The monoisotopic (exact) mass is 278 g/mol. The Morgan fingerprint density at radius 1 is 1.30 bits per heavy atom. The summed E-state index contributed by atoms with van der Waals surface area (Å²) in [5.41, 5.74) is 6.29. The second-order valence-corrected chi connectivity index (χ2v) is 6.53. The summed E-state index contributed by atoms with van der Waals surface area (Å²) in [6.45, 7) is 5.90. The lowest BCUT2D eigenvalue weighted by molar-refractivity contribution is -0.109. The molecule has 112 valence electrons. The van der Waals surface area contributed by atoms with Gasteiger partial charge in [0.05, 0.1) is 25.0 Å². The van der Waals surface area contributed by atoms with Crippen LogP contribution < -0.4 is 5.73 Å². The second-order valence-electron chi connectivity index (χ2n) is 6.53. The lowest BCUT2D eigenvalue weighted by Crippen LogP contribution is -2.60. The number of nitrogens with zero attached hydrogens (tertiary/aromatic N) is 1. The van der Waals surface area contributed by atoms with Gasteiger partial charge in [0.25, 0.3) is 0 Å². The number of rotatable bonds is 5. The van der Waals surface area contributed by atoms with Crippen molar-refractivity contribution in [2.75, 3.05) is 6.54 Å². The van der Waals surface area contributed by atoms with E-state index in [0.29, 0.717) is 12.6 Å². The minimum Gasteiger partial charge on any atom is -0.468 e. The Kier molecular flexibility index (Phi) is 3.89. The molecule has 1 aromatic heterocycles. The largest absolute Gasteiger partial charge is 0.468 e. The van der Waals surface area contributed by atoms with Crippen LogP contribution >= 0.6 is 0 Å². The molecule has 0 spiro atoms. The van der Waals surface area contributed by atoms with E-state index in [1.807, 2.05) is 6.07 Å². The van der Waals surface area contributed by atoms with Gasteiger partial charge in [-0.2, -0.15) is 0 Å². The first-order valence-electron chi connectivity index (χ1n) is 7.77. The zero-order valence-corrected chi connectivity index (χ0v) is 12.5. The number of furan rings is 1. The topological polar surface area (TPSA) is 51.6 Å². The Hall–Kier alpha value is -0.840. The summed E-state index contributed by atoms with van der Waals surface area (Å²) >= 11 is 0. The quantitative estimate of drug-likeness (QED) is 0.899. The van der Waals surface area contributed by atoms with Crippen LogP contribution in [-0.4, -0.2) is 35.2 Å². The van der Waals surface area contributed by atoms with E-state index in [9.17, 15) is 0 Å². The van der Waals surface area contributed by atoms with Crippen molar-refractivity contribution in [1.29, 1.82) is 0 Å². The highest BCUT2D eigenvalue weighted by atomic mass is 16.5. The van der Waals surface area contributed by atoms with Crippen molar-refractivity contribution in [3.05, 3.63) is 24.2 Å². The van der Waals surface area contributed by atoms with E-state index in [1.54, 1.807) is 6.26 Å². The number of hydrogen-bond donors (Lipinski definition) is 1. The van der Waals surface area contributed by atoms with Crippen LogP contribution in [0.4, 0.5) is 0 Å². The van der Waals surface area contributed by atoms with Gasteiger partial charge in [0.2, 0.25) is 0 Å². The van der Waals surface area contributed by atoms with Gasteiger partial charge in [0.1, 0.15) is 5.76 Å². The van der Waals surface area contributed by atoms with Gasteiger partial charge in [-0.3, -0.25) is 4.90 Å². The SMILES string of the molecule is CC1CC(CN)(N(Cc2ccco2)C2CC2)CC(C)O1. The highest BCUT2D eigenvalue weighted by molar-refractivity contribution is 5.07. The van der Waals surface area contributed by atoms with Crippen LogP contribution in [0.5, 0.6) is 0 Å². The maximum Gasteiger partial charge on any atom is 0.117 e. The lowest BCUT2D eigenvalue weighted by atomic mass is 9.82. The predicted octanol–water partition coefficient (Wildman–Crippen LogP) is 2.53. The fraction of sp³-hybridized carbons (Fsp3) is 0.750. The number of nitrogens with two attached hydrogens (primary N) is 1. The van der Waals surface area contributed by atoms with Gasteiger partial charge in [-0.15, -0.1) is 0 Å². The summed E-state index contributed by atoms with van der Waals surface area (Å²) in [6, 6.07) is 4.69. The van der Waals surface area contributed by atoms with E-state index in [1.165, 1.54) is 12.8 Å². The van der Waals surface area contributed by atoms with E-state index in [4.69, 9.17) is 14.9 Å². The van der Waals surface area contributed by atoms with Gasteiger partial charge in [0.15, 0.2) is 0 Å². The van der Waals surface area contributed by atoms with Gasteiger partial charge >= 0.3 is 0 Å². The molecule has 4 heteroatoms. The highest BCUT2D eigenvalue weighted by Gasteiger charge is 2.47. The van der Waals surface area contributed by atoms with Crippen molar-refractivity contribution in [3.8, 4) is 0 Å². The van der Waals surface area contributed by atoms with Crippen LogP contribution in [-0.2, 0) is 11.3 Å².